The average Bonchev–Trinajstić information content (AvgIpc) is 2.27. The molecular formula is C13H19ClN2O2. The third-order valence-corrected chi connectivity index (χ3v) is 2.90. The van der Waals surface area contributed by atoms with Gasteiger partial charge in [0, 0.05) is 5.69 Å². The molecule has 1 atom stereocenters. The van der Waals surface area contributed by atoms with Crippen molar-refractivity contribution in [3.05, 3.63) is 28.8 Å². The summed E-state index contributed by atoms with van der Waals surface area (Å²) in [6.07, 6.45) is 0.701. The van der Waals surface area contributed by atoms with Gasteiger partial charge in [-0.3, -0.25) is 4.79 Å². The highest BCUT2D eigenvalue weighted by molar-refractivity contribution is 6.34. The minimum atomic E-state index is -0.349. The van der Waals surface area contributed by atoms with E-state index >= 15 is 0 Å². The quantitative estimate of drug-likeness (QED) is 0.717. The molecular weight excluding hydrogens is 252 g/mol. The van der Waals surface area contributed by atoms with Crippen LogP contribution < -0.4 is 11.1 Å². The normalized spacial score (nSPS) is 12.5. The molecule has 1 amide bonds. The Bertz CT molecular complexity index is 401. The van der Waals surface area contributed by atoms with Crippen molar-refractivity contribution in [2.45, 2.75) is 26.3 Å². The molecule has 0 bridgehead atoms. The fourth-order valence-electron chi connectivity index (χ4n) is 1.79. The van der Waals surface area contributed by atoms with E-state index in [0.29, 0.717) is 23.0 Å². The van der Waals surface area contributed by atoms with E-state index in [-0.39, 0.29) is 24.1 Å². The van der Waals surface area contributed by atoms with E-state index in [9.17, 15) is 9.90 Å². The maximum atomic E-state index is 12.1. The molecule has 4 N–H and O–H groups in total. The number of benzene rings is 1. The van der Waals surface area contributed by atoms with Crippen molar-refractivity contribution in [2.75, 3.05) is 12.3 Å². The lowest BCUT2D eigenvalue weighted by molar-refractivity contribution is 0.0909. The van der Waals surface area contributed by atoms with E-state index < -0.39 is 0 Å². The fraction of sp³-hybridized carbons (Fsp3) is 0.462. The monoisotopic (exact) mass is 270 g/mol. The highest BCUT2D eigenvalue weighted by Crippen LogP contribution is 2.22. The second-order valence-electron chi connectivity index (χ2n) is 4.69. The molecule has 0 aromatic heterocycles. The lowest BCUT2D eigenvalue weighted by Gasteiger charge is -2.19. The van der Waals surface area contributed by atoms with Gasteiger partial charge in [0.25, 0.3) is 5.91 Å². The van der Waals surface area contributed by atoms with Crippen LogP contribution in [-0.4, -0.2) is 23.7 Å². The van der Waals surface area contributed by atoms with Crippen LogP contribution >= 0.6 is 11.6 Å². The SMILES string of the molecule is CC(C)CC(CO)NC(=O)c1c(N)cccc1Cl. The van der Waals surface area contributed by atoms with Crippen molar-refractivity contribution in [3.8, 4) is 0 Å². The highest BCUT2D eigenvalue weighted by Gasteiger charge is 2.18. The number of hydrogen-bond donors (Lipinski definition) is 3. The summed E-state index contributed by atoms with van der Waals surface area (Å²) in [5.41, 5.74) is 6.33. The molecule has 0 fully saturated rings. The van der Waals surface area contributed by atoms with E-state index in [2.05, 4.69) is 5.32 Å². The van der Waals surface area contributed by atoms with Gasteiger partial charge in [-0.05, 0) is 24.5 Å². The van der Waals surface area contributed by atoms with Gasteiger partial charge in [0.2, 0.25) is 0 Å². The molecule has 1 unspecified atom stereocenters. The van der Waals surface area contributed by atoms with Crippen molar-refractivity contribution in [3.63, 3.8) is 0 Å². The molecule has 1 aromatic carbocycles. The van der Waals surface area contributed by atoms with E-state index in [1.807, 2.05) is 13.8 Å². The smallest absolute Gasteiger partial charge is 0.255 e. The summed E-state index contributed by atoms with van der Waals surface area (Å²) in [4.78, 5) is 12.1. The van der Waals surface area contributed by atoms with Crippen LogP contribution in [0.15, 0.2) is 18.2 Å². The predicted octanol–water partition coefficient (Wildman–Crippen LogP) is 2.06. The summed E-state index contributed by atoms with van der Waals surface area (Å²) in [6.45, 7) is 3.95. The number of hydrogen-bond acceptors (Lipinski definition) is 3. The number of halogens is 1. The Morgan fingerprint density at radius 2 is 2.17 bits per heavy atom. The zero-order valence-electron chi connectivity index (χ0n) is 10.6. The minimum absolute atomic E-state index is 0.103. The van der Waals surface area contributed by atoms with Crippen molar-refractivity contribution in [1.82, 2.24) is 5.32 Å². The number of rotatable bonds is 5. The molecule has 4 nitrogen and oxygen atoms in total. The summed E-state index contributed by atoms with van der Waals surface area (Å²) in [5, 5.41) is 12.3. The molecule has 5 heteroatoms. The molecule has 0 saturated heterocycles. The summed E-state index contributed by atoms with van der Waals surface area (Å²) in [7, 11) is 0. The molecule has 0 spiro atoms. The van der Waals surface area contributed by atoms with Crippen LogP contribution in [0.2, 0.25) is 5.02 Å². The number of carbonyl (C=O) groups excluding carboxylic acids is 1. The van der Waals surface area contributed by atoms with E-state index in [1.54, 1.807) is 18.2 Å². The highest BCUT2D eigenvalue weighted by atomic mass is 35.5. The van der Waals surface area contributed by atoms with Crippen LogP contribution in [0.3, 0.4) is 0 Å². The van der Waals surface area contributed by atoms with Crippen molar-refractivity contribution >= 4 is 23.2 Å². The second kappa shape index (κ2) is 6.61. The van der Waals surface area contributed by atoms with Crippen molar-refractivity contribution in [1.29, 1.82) is 0 Å². The molecule has 0 aliphatic carbocycles. The van der Waals surface area contributed by atoms with Gasteiger partial charge in [-0.1, -0.05) is 31.5 Å². The van der Waals surface area contributed by atoms with Gasteiger partial charge in [0.05, 0.1) is 23.2 Å². The summed E-state index contributed by atoms with van der Waals surface area (Å²) >= 11 is 5.95. The Morgan fingerprint density at radius 1 is 1.50 bits per heavy atom. The third kappa shape index (κ3) is 3.89. The van der Waals surface area contributed by atoms with Gasteiger partial charge < -0.3 is 16.2 Å². The Kier molecular flexibility index (Phi) is 5.44. The minimum Gasteiger partial charge on any atom is -0.398 e. The maximum absolute atomic E-state index is 12.1. The standard InChI is InChI=1S/C13H19ClN2O2/c1-8(2)6-9(7-17)16-13(18)12-10(14)4-3-5-11(12)15/h3-5,8-9,17H,6-7,15H2,1-2H3,(H,16,18). The Hall–Kier alpha value is -1.26. The number of carbonyl (C=O) groups is 1. The first kappa shape index (κ1) is 14.8. The molecule has 1 rings (SSSR count). The molecule has 100 valence electrons. The first-order valence-electron chi connectivity index (χ1n) is 5.91. The number of nitrogen functional groups attached to an aromatic ring is 1. The van der Waals surface area contributed by atoms with Gasteiger partial charge in [0.1, 0.15) is 0 Å². The number of amides is 1. The third-order valence-electron chi connectivity index (χ3n) is 2.58. The number of anilines is 1. The molecule has 0 heterocycles. The molecule has 0 aliphatic heterocycles. The Labute approximate surface area is 112 Å². The Morgan fingerprint density at radius 3 is 2.67 bits per heavy atom. The van der Waals surface area contributed by atoms with Crippen molar-refractivity contribution < 1.29 is 9.90 Å². The zero-order chi connectivity index (χ0) is 13.7. The van der Waals surface area contributed by atoms with Gasteiger partial charge in [-0.15, -0.1) is 0 Å². The lowest BCUT2D eigenvalue weighted by atomic mass is 10.0. The van der Waals surface area contributed by atoms with Crippen LogP contribution in [-0.2, 0) is 0 Å². The lowest BCUT2D eigenvalue weighted by Crippen LogP contribution is -2.38. The van der Waals surface area contributed by atoms with E-state index in [4.69, 9.17) is 17.3 Å². The first-order chi connectivity index (χ1) is 8.45. The summed E-state index contributed by atoms with van der Waals surface area (Å²) in [5.74, 6) is 0.0313. The van der Waals surface area contributed by atoms with Crippen LogP contribution in [0.4, 0.5) is 5.69 Å². The molecule has 0 radical (unpaired) electrons. The zero-order valence-corrected chi connectivity index (χ0v) is 11.4. The van der Waals surface area contributed by atoms with E-state index in [0.717, 1.165) is 0 Å². The largest absolute Gasteiger partial charge is 0.398 e. The average molecular weight is 271 g/mol. The summed E-state index contributed by atoms with van der Waals surface area (Å²) in [6, 6.07) is 4.64. The van der Waals surface area contributed by atoms with Gasteiger partial charge >= 0.3 is 0 Å². The number of nitrogens with two attached hydrogens (primary N) is 1. The Balaban J connectivity index is 2.81. The maximum Gasteiger partial charge on any atom is 0.255 e. The summed E-state index contributed by atoms with van der Waals surface area (Å²) < 4.78 is 0. The number of aliphatic hydroxyl groups is 1. The van der Waals surface area contributed by atoms with Crippen LogP contribution in [0.1, 0.15) is 30.6 Å². The molecule has 18 heavy (non-hydrogen) atoms. The second-order valence-corrected chi connectivity index (χ2v) is 5.09. The molecule has 0 saturated carbocycles. The molecule has 0 aliphatic rings. The van der Waals surface area contributed by atoms with Crippen molar-refractivity contribution in [2.24, 2.45) is 5.92 Å². The van der Waals surface area contributed by atoms with Gasteiger partial charge in [-0.2, -0.15) is 0 Å². The first-order valence-corrected chi connectivity index (χ1v) is 6.29. The van der Waals surface area contributed by atoms with Crippen LogP contribution in [0.5, 0.6) is 0 Å². The topological polar surface area (TPSA) is 75.3 Å². The van der Waals surface area contributed by atoms with Crippen LogP contribution in [0.25, 0.3) is 0 Å². The molecule has 1 aromatic rings. The van der Waals surface area contributed by atoms with Gasteiger partial charge in [-0.25, -0.2) is 0 Å². The van der Waals surface area contributed by atoms with Gasteiger partial charge in [0.15, 0.2) is 0 Å². The predicted molar refractivity (Wildman–Crippen MR) is 73.7 cm³/mol. The van der Waals surface area contributed by atoms with Crippen LogP contribution in [0, 0.1) is 5.92 Å². The van der Waals surface area contributed by atoms with E-state index in [1.165, 1.54) is 0 Å². The number of aliphatic hydroxyl groups excluding tert-OH is 1. The fourth-order valence-corrected chi connectivity index (χ4v) is 2.05. The number of nitrogens with one attached hydrogen (secondary N) is 1.